The Labute approximate surface area is 141 Å². The molecule has 2 aromatic rings. The fourth-order valence-corrected chi connectivity index (χ4v) is 2.97. The van der Waals surface area contributed by atoms with Gasteiger partial charge in [-0.05, 0) is 36.1 Å². The molecule has 1 aliphatic rings. The average Bonchev–Trinajstić information content (AvgIpc) is 2.65. The summed E-state index contributed by atoms with van der Waals surface area (Å²) in [6.45, 7) is 0.910. The SMILES string of the molecule is COC(=O)C(NC(=O)c1cccc2c1CCCN2)c1ccccc1. The molecule has 1 unspecified atom stereocenters. The number of amides is 1. The highest BCUT2D eigenvalue weighted by Crippen LogP contribution is 2.26. The molecular weight excluding hydrogens is 304 g/mol. The maximum Gasteiger partial charge on any atom is 0.333 e. The van der Waals surface area contributed by atoms with E-state index in [1.54, 1.807) is 18.2 Å². The second-order valence-corrected chi connectivity index (χ2v) is 5.70. The highest BCUT2D eigenvalue weighted by atomic mass is 16.5. The van der Waals surface area contributed by atoms with Gasteiger partial charge < -0.3 is 15.4 Å². The molecule has 2 N–H and O–H groups in total. The van der Waals surface area contributed by atoms with Gasteiger partial charge >= 0.3 is 5.97 Å². The predicted octanol–water partition coefficient (Wildman–Crippen LogP) is 2.69. The van der Waals surface area contributed by atoms with E-state index in [4.69, 9.17) is 4.74 Å². The number of rotatable bonds is 4. The molecule has 0 aliphatic carbocycles. The predicted molar refractivity (Wildman–Crippen MR) is 91.9 cm³/mol. The van der Waals surface area contributed by atoms with Gasteiger partial charge in [0.25, 0.3) is 5.91 Å². The Balaban J connectivity index is 1.88. The lowest BCUT2D eigenvalue weighted by Crippen LogP contribution is -2.35. The zero-order chi connectivity index (χ0) is 16.9. The number of hydrogen-bond donors (Lipinski definition) is 2. The molecule has 3 rings (SSSR count). The van der Waals surface area contributed by atoms with Crippen LogP contribution in [-0.4, -0.2) is 25.5 Å². The van der Waals surface area contributed by atoms with Gasteiger partial charge in [-0.15, -0.1) is 0 Å². The molecule has 0 saturated carbocycles. The lowest BCUT2D eigenvalue weighted by atomic mass is 9.96. The van der Waals surface area contributed by atoms with Crippen LogP contribution in [-0.2, 0) is 16.0 Å². The van der Waals surface area contributed by atoms with Crippen molar-refractivity contribution in [2.45, 2.75) is 18.9 Å². The Morgan fingerprint density at radius 1 is 1.12 bits per heavy atom. The average molecular weight is 324 g/mol. The monoisotopic (exact) mass is 324 g/mol. The summed E-state index contributed by atoms with van der Waals surface area (Å²) in [5, 5.41) is 6.11. The van der Waals surface area contributed by atoms with Gasteiger partial charge in [0.2, 0.25) is 0 Å². The normalized spacial score (nSPS) is 14.0. The number of esters is 1. The Morgan fingerprint density at radius 2 is 1.92 bits per heavy atom. The van der Waals surface area contributed by atoms with Crippen LogP contribution in [0.15, 0.2) is 48.5 Å². The summed E-state index contributed by atoms with van der Waals surface area (Å²) < 4.78 is 4.85. The Kier molecular flexibility index (Phi) is 4.79. The van der Waals surface area contributed by atoms with Crippen molar-refractivity contribution in [1.29, 1.82) is 0 Å². The number of methoxy groups -OCH3 is 1. The molecule has 0 aromatic heterocycles. The third-order valence-electron chi connectivity index (χ3n) is 4.18. The molecule has 0 radical (unpaired) electrons. The molecule has 124 valence electrons. The number of ether oxygens (including phenoxy) is 1. The summed E-state index contributed by atoms with van der Waals surface area (Å²) in [6.07, 6.45) is 1.83. The molecule has 0 bridgehead atoms. The number of nitrogens with one attached hydrogen (secondary N) is 2. The van der Waals surface area contributed by atoms with E-state index in [1.807, 2.05) is 30.3 Å². The van der Waals surface area contributed by atoms with E-state index in [0.717, 1.165) is 30.6 Å². The molecule has 24 heavy (non-hydrogen) atoms. The number of carbonyl (C=O) groups is 2. The first kappa shape index (κ1) is 16.1. The van der Waals surface area contributed by atoms with Gasteiger partial charge in [0, 0.05) is 17.8 Å². The van der Waals surface area contributed by atoms with E-state index in [0.29, 0.717) is 11.1 Å². The van der Waals surface area contributed by atoms with Crippen LogP contribution >= 0.6 is 0 Å². The third-order valence-corrected chi connectivity index (χ3v) is 4.18. The summed E-state index contributed by atoms with van der Waals surface area (Å²) in [5.74, 6) is -0.757. The molecule has 0 fully saturated rings. The topological polar surface area (TPSA) is 67.4 Å². The molecule has 0 spiro atoms. The number of fused-ring (bicyclic) bond motifs is 1. The van der Waals surface area contributed by atoms with Gasteiger partial charge in [0.15, 0.2) is 6.04 Å². The first-order valence-electron chi connectivity index (χ1n) is 8.00. The lowest BCUT2D eigenvalue weighted by molar-refractivity contribution is -0.143. The minimum absolute atomic E-state index is 0.269. The van der Waals surface area contributed by atoms with Gasteiger partial charge in [0.1, 0.15) is 0 Å². The summed E-state index contributed by atoms with van der Waals surface area (Å²) >= 11 is 0. The Morgan fingerprint density at radius 3 is 2.67 bits per heavy atom. The zero-order valence-corrected chi connectivity index (χ0v) is 13.5. The van der Waals surface area contributed by atoms with Crippen LogP contribution in [0.2, 0.25) is 0 Å². The quantitative estimate of drug-likeness (QED) is 0.849. The molecule has 1 aliphatic heterocycles. The fraction of sp³-hybridized carbons (Fsp3) is 0.263. The van der Waals surface area contributed by atoms with E-state index >= 15 is 0 Å². The van der Waals surface area contributed by atoms with Crippen molar-refractivity contribution >= 4 is 17.6 Å². The fourth-order valence-electron chi connectivity index (χ4n) is 2.97. The van der Waals surface area contributed by atoms with Crippen LogP contribution in [0, 0.1) is 0 Å². The van der Waals surface area contributed by atoms with Gasteiger partial charge in [-0.1, -0.05) is 36.4 Å². The van der Waals surface area contributed by atoms with Gasteiger partial charge in [-0.25, -0.2) is 4.79 Å². The van der Waals surface area contributed by atoms with Gasteiger partial charge in [-0.2, -0.15) is 0 Å². The first-order chi connectivity index (χ1) is 11.7. The van der Waals surface area contributed by atoms with Gasteiger partial charge in [0.05, 0.1) is 7.11 Å². The standard InChI is InChI=1S/C19H20N2O3/c1-24-19(23)17(13-7-3-2-4-8-13)21-18(22)15-9-5-11-16-14(15)10-6-12-20-16/h2-5,7-9,11,17,20H,6,10,12H2,1H3,(H,21,22). The summed E-state index contributed by atoms with van der Waals surface area (Å²) in [4.78, 5) is 24.9. The summed E-state index contributed by atoms with van der Waals surface area (Å²) in [5.41, 5.74) is 3.28. The second-order valence-electron chi connectivity index (χ2n) is 5.70. The molecule has 5 heteroatoms. The highest BCUT2D eigenvalue weighted by Gasteiger charge is 2.25. The lowest BCUT2D eigenvalue weighted by Gasteiger charge is -2.22. The van der Waals surface area contributed by atoms with Crippen LogP contribution in [0.4, 0.5) is 5.69 Å². The van der Waals surface area contributed by atoms with Crippen molar-refractivity contribution in [3.05, 3.63) is 65.2 Å². The van der Waals surface area contributed by atoms with E-state index in [-0.39, 0.29) is 5.91 Å². The van der Waals surface area contributed by atoms with E-state index in [2.05, 4.69) is 10.6 Å². The number of benzene rings is 2. The van der Waals surface area contributed by atoms with Crippen molar-refractivity contribution in [1.82, 2.24) is 5.32 Å². The number of anilines is 1. The largest absolute Gasteiger partial charge is 0.467 e. The van der Waals surface area contributed by atoms with Crippen LogP contribution in [0.5, 0.6) is 0 Å². The van der Waals surface area contributed by atoms with E-state index in [9.17, 15) is 9.59 Å². The van der Waals surface area contributed by atoms with Crippen molar-refractivity contribution in [3.63, 3.8) is 0 Å². The van der Waals surface area contributed by atoms with Crippen molar-refractivity contribution < 1.29 is 14.3 Å². The molecular formula is C19H20N2O3. The number of carbonyl (C=O) groups excluding carboxylic acids is 2. The minimum atomic E-state index is -0.823. The van der Waals surface area contributed by atoms with Crippen molar-refractivity contribution in [2.75, 3.05) is 19.0 Å². The van der Waals surface area contributed by atoms with Crippen molar-refractivity contribution in [2.24, 2.45) is 0 Å². The van der Waals surface area contributed by atoms with Crippen LogP contribution in [0.1, 0.15) is 33.9 Å². The molecule has 2 aromatic carbocycles. The second kappa shape index (κ2) is 7.17. The molecule has 1 atom stereocenters. The van der Waals surface area contributed by atoms with Crippen LogP contribution in [0.3, 0.4) is 0 Å². The van der Waals surface area contributed by atoms with E-state index in [1.165, 1.54) is 7.11 Å². The molecule has 0 saturated heterocycles. The first-order valence-corrected chi connectivity index (χ1v) is 8.00. The van der Waals surface area contributed by atoms with Crippen LogP contribution < -0.4 is 10.6 Å². The Bertz CT molecular complexity index is 744. The Hall–Kier alpha value is -2.82. The smallest absolute Gasteiger partial charge is 0.333 e. The maximum atomic E-state index is 12.8. The molecule has 5 nitrogen and oxygen atoms in total. The molecule has 1 heterocycles. The summed E-state index contributed by atoms with van der Waals surface area (Å²) in [6, 6.07) is 13.9. The van der Waals surface area contributed by atoms with Gasteiger partial charge in [-0.3, -0.25) is 4.79 Å². The minimum Gasteiger partial charge on any atom is -0.467 e. The zero-order valence-electron chi connectivity index (χ0n) is 13.5. The number of hydrogen-bond acceptors (Lipinski definition) is 4. The van der Waals surface area contributed by atoms with E-state index < -0.39 is 12.0 Å². The maximum absolute atomic E-state index is 12.8. The molecule has 1 amide bonds. The highest BCUT2D eigenvalue weighted by molar-refractivity contribution is 5.99. The van der Waals surface area contributed by atoms with Crippen molar-refractivity contribution in [3.8, 4) is 0 Å². The summed E-state index contributed by atoms with van der Waals surface area (Å²) in [7, 11) is 1.32. The third kappa shape index (κ3) is 3.25. The van der Waals surface area contributed by atoms with Crippen LogP contribution in [0.25, 0.3) is 0 Å².